The first-order chi connectivity index (χ1) is 15.1. The molecule has 1 fully saturated rings. The maximum Gasteiger partial charge on any atom is 0.231 e. The van der Waals surface area contributed by atoms with Crippen molar-refractivity contribution in [3.8, 4) is 11.3 Å². The maximum atomic E-state index is 13.4. The van der Waals surface area contributed by atoms with Crippen molar-refractivity contribution >= 4 is 29.0 Å². The Hall–Kier alpha value is -2.92. The van der Waals surface area contributed by atoms with Crippen LogP contribution in [-0.2, 0) is 4.79 Å². The van der Waals surface area contributed by atoms with Gasteiger partial charge in [0.25, 0.3) is 0 Å². The molecule has 0 bridgehead atoms. The Morgan fingerprint density at radius 2 is 1.87 bits per heavy atom. The zero-order valence-electron chi connectivity index (χ0n) is 18.0. The second-order valence-electron chi connectivity index (χ2n) is 7.94. The molecule has 5 nitrogen and oxygen atoms in total. The number of anilines is 2. The van der Waals surface area contributed by atoms with Gasteiger partial charge in [-0.15, -0.1) is 10.2 Å². The minimum atomic E-state index is -0.0500. The number of aryl methyl sites for hydroxylation is 1. The minimum Gasteiger partial charge on any atom is -0.354 e. The van der Waals surface area contributed by atoms with E-state index in [0.717, 1.165) is 47.7 Å². The summed E-state index contributed by atoms with van der Waals surface area (Å²) in [7, 11) is 0. The molecule has 3 aromatic rings. The summed E-state index contributed by atoms with van der Waals surface area (Å²) in [4.78, 5) is 17.5. The van der Waals surface area contributed by atoms with Gasteiger partial charge in [0.15, 0.2) is 5.82 Å². The lowest BCUT2D eigenvalue weighted by molar-refractivity contribution is -0.122. The van der Waals surface area contributed by atoms with Gasteiger partial charge in [-0.2, -0.15) is 0 Å². The van der Waals surface area contributed by atoms with Crippen LogP contribution in [0.25, 0.3) is 11.3 Å². The summed E-state index contributed by atoms with van der Waals surface area (Å²) >= 11 is 5.97. The Balaban J connectivity index is 1.48. The highest BCUT2D eigenvalue weighted by Crippen LogP contribution is 2.27. The fraction of sp³-hybridized carbons (Fsp3) is 0.320. The number of carbonyl (C=O) groups excluding carboxylic acids is 1. The van der Waals surface area contributed by atoms with E-state index in [-0.39, 0.29) is 11.8 Å². The monoisotopic (exact) mass is 434 g/mol. The fourth-order valence-electron chi connectivity index (χ4n) is 4.19. The molecule has 1 unspecified atom stereocenters. The standard InChI is InChI=1S/C25H27ClN4O/c1-3-30(23-9-5-4-7-18(23)2)25(31)20-8-6-16-29(17-20)24-15-14-22(27-28-24)19-10-12-21(26)13-11-19/h4-5,7,9-15,20H,3,6,8,16-17H2,1-2H3. The SMILES string of the molecule is CCN(C(=O)C1CCCN(c2ccc(-c3ccc(Cl)cc3)nn2)C1)c1ccccc1C. The zero-order chi connectivity index (χ0) is 21.8. The highest BCUT2D eigenvalue weighted by atomic mass is 35.5. The lowest BCUT2D eigenvalue weighted by Crippen LogP contribution is -2.45. The Bertz CT molecular complexity index is 1040. The molecule has 31 heavy (non-hydrogen) atoms. The number of nitrogens with zero attached hydrogens (tertiary/aromatic N) is 4. The summed E-state index contributed by atoms with van der Waals surface area (Å²) in [5.41, 5.74) is 3.90. The topological polar surface area (TPSA) is 49.3 Å². The largest absolute Gasteiger partial charge is 0.354 e. The summed E-state index contributed by atoms with van der Waals surface area (Å²) in [5, 5.41) is 9.55. The molecule has 6 heteroatoms. The Morgan fingerprint density at radius 3 is 2.55 bits per heavy atom. The third-order valence-electron chi connectivity index (χ3n) is 5.87. The van der Waals surface area contributed by atoms with Crippen molar-refractivity contribution in [2.75, 3.05) is 29.4 Å². The second kappa shape index (κ2) is 9.48. The van der Waals surface area contributed by atoms with Crippen LogP contribution in [0, 0.1) is 12.8 Å². The molecule has 1 aromatic heterocycles. The first-order valence-electron chi connectivity index (χ1n) is 10.8. The van der Waals surface area contributed by atoms with E-state index >= 15 is 0 Å². The highest BCUT2D eigenvalue weighted by Gasteiger charge is 2.30. The van der Waals surface area contributed by atoms with Gasteiger partial charge in [-0.05, 0) is 62.6 Å². The first kappa shape index (κ1) is 21.3. The molecule has 0 aliphatic carbocycles. The summed E-state index contributed by atoms with van der Waals surface area (Å²) in [6.07, 6.45) is 1.86. The van der Waals surface area contributed by atoms with Crippen LogP contribution in [-0.4, -0.2) is 35.7 Å². The van der Waals surface area contributed by atoms with Gasteiger partial charge in [0.1, 0.15) is 0 Å². The maximum absolute atomic E-state index is 13.4. The molecule has 1 aliphatic heterocycles. The van der Waals surface area contributed by atoms with Gasteiger partial charge in [-0.1, -0.05) is 41.9 Å². The summed E-state index contributed by atoms with van der Waals surface area (Å²) in [6.45, 7) is 6.30. The Kier molecular flexibility index (Phi) is 6.52. The van der Waals surface area contributed by atoms with Crippen LogP contribution in [0.4, 0.5) is 11.5 Å². The predicted molar refractivity (Wildman–Crippen MR) is 127 cm³/mol. The summed E-state index contributed by atoms with van der Waals surface area (Å²) in [5.74, 6) is 0.951. The van der Waals surface area contributed by atoms with Crippen LogP contribution in [0.2, 0.25) is 5.02 Å². The van der Waals surface area contributed by atoms with E-state index in [1.807, 2.05) is 66.4 Å². The van der Waals surface area contributed by atoms with Gasteiger partial charge >= 0.3 is 0 Å². The van der Waals surface area contributed by atoms with Gasteiger partial charge in [0.2, 0.25) is 5.91 Å². The van der Waals surface area contributed by atoms with Crippen molar-refractivity contribution in [1.82, 2.24) is 10.2 Å². The molecule has 0 spiro atoms. The average molecular weight is 435 g/mol. The van der Waals surface area contributed by atoms with Crippen molar-refractivity contribution in [2.24, 2.45) is 5.92 Å². The smallest absolute Gasteiger partial charge is 0.231 e. The number of benzene rings is 2. The molecular weight excluding hydrogens is 408 g/mol. The number of piperidine rings is 1. The van der Waals surface area contributed by atoms with E-state index < -0.39 is 0 Å². The number of hydrogen-bond donors (Lipinski definition) is 0. The third kappa shape index (κ3) is 4.72. The van der Waals surface area contributed by atoms with Crippen LogP contribution < -0.4 is 9.80 Å². The van der Waals surface area contributed by atoms with E-state index in [2.05, 4.69) is 28.1 Å². The van der Waals surface area contributed by atoms with E-state index in [1.54, 1.807) is 0 Å². The molecular formula is C25H27ClN4O. The Labute approximate surface area is 188 Å². The molecule has 1 aliphatic rings. The van der Waals surface area contributed by atoms with E-state index in [9.17, 15) is 4.79 Å². The van der Waals surface area contributed by atoms with E-state index in [1.165, 1.54) is 0 Å². The zero-order valence-corrected chi connectivity index (χ0v) is 18.7. The van der Waals surface area contributed by atoms with Crippen LogP contribution in [0.15, 0.2) is 60.7 Å². The predicted octanol–water partition coefficient (Wildman–Crippen LogP) is 5.37. The number of hydrogen-bond acceptors (Lipinski definition) is 4. The van der Waals surface area contributed by atoms with Gasteiger partial charge in [0.05, 0.1) is 11.6 Å². The Morgan fingerprint density at radius 1 is 1.10 bits per heavy atom. The van der Waals surface area contributed by atoms with Crippen molar-refractivity contribution < 1.29 is 4.79 Å². The van der Waals surface area contributed by atoms with Crippen molar-refractivity contribution in [3.63, 3.8) is 0 Å². The average Bonchev–Trinajstić information content (AvgIpc) is 2.81. The van der Waals surface area contributed by atoms with Gasteiger partial charge < -0.3 is 9.80 Å². The lowest BCUT2D eigenvalue weighted by atomic mass is 9.96. The molecule has 0 radical (unpaired) electrons. The first-order valence-corrected chi connectivity index (χ1v) is 11.2. The van der Waals surface area contributed by atoms with E-state index in [0.29, 0.717) is 18.1 Å². The fourth-order valence-corrected chi connectivity index (χ4v) is 4.31. The number of carbonyl (C=O) groups is 1. The quantitative estimate of drug-likeness (QED) is 0.541. The minimum absolute atomic E-state index is 0.0500. The van der Waals surface area contributed by atoms with Crippen LogP contribution >= 0.6 is 11.6 Å². The molecule has 2 aromatic carbocycles. The van der Waals surface area contributed by atoms with Crippen LogP contribution in [0.3, 0.4) is 0 Å². The molecule has 1 amide bonds. The third-order valence-corrected chi connectivity index (χ3v) is 6.13. The van der Waals surface area contributed by atoms with Gasteiger partial charge in [-0.3, -0.25) is 4.79 Å². The number of aromatic nitrogens is 2. The summed E-state index contributed by atoms with van der Waals surface area (Å²) < 4.78 is 0. The van der Waals surface area contributed by atoms with Crippen LogP contribution in [0.5, 0.6) is 0 Å². The number of amides is 1. The lowest BCUT2D eigenvalue weighted by Gasteiger charge is -2.35. The normalized spacial score (nSPS) is 16.2. The van der Waals surface area contributed by atoms with Crippen molar-refractivity contribution in [2.45, 2.75) is 26.7 Å². The molecule has 0 N–H and O–H groups in total. The molecule has 1 atom stereocenters. The molecule has 0 saturated carbocycles. The van der Waals surface area contributed by atoms with E-state index in [4.69, 9.17) is 11.6 Å². The van der Waals surface area contributed by atoms with Gasteiger partial charge in [-0.25, -0.2) is 0 Å². The molecule has 2 heterocycles. The molecule has 1 saturated heterocycles. The number of halogens is 1. The highest BCUT2D eigenvalue weighted by molar-refractivity contribution is 6.30. The molecule has 4 rings (SSSR count). The van der Waals surface area contributed by atoms with Gasteiger partial charge in [0, 0.05) is 35.9 Å². The molecule has 160 valence electrons. The van der Waals surface area contributed by atoms with Crippen molar-refractivity contribution in [1.29, 1.82) is 0 Å². The number of rotatable bonds is 5. The second-order valence-corrected chi connectivity index (χ2v) is 8.37. The number of para-hydroxylation sites is 1. The van der Waals surface area contributed by atoms with Crippen molar-refractivity contribution in [3.05, 3.63) is 71.2 Å². The van der Waals surface area contributed by atoms with Crippen LogP contribution in [0.1, 0.15) is 25.3 Å². The summed E-state index contributed by atoms with van der Waals surface area (Å²) in [6, 6.07) is 19.6.